The van der Waals surface area contributed by atoms with Crippen LogP contribution < -0.4 is 5.32 Å². The second-order valence-corrected chi connectivity index (χ2v) is 3.44. The van der Waals surface area contributed by atoms with Crippen LogP contribution in [0.5, 0.6) is 0 Å². The summed E-state index contributed by atoms with van der Waals surface area (Å²) in [7, 11) is 0. The molecule has 0 bridgehead atoms. The lowest BCUT2D eigenvalue weighted by Crippen LogP contribution is -2.42. The number of amides is 1. The van der Waals surface area contributed by atoms with Gasteiger partial charge in [0.15, 0.2) is 0 Å². The molecule has 0 aromatic carbocycles. The van der Waals surface area contributed by atoms with Gasteiger partial charge in [0.1, 0.15) is 11.9 Å². The Kier molecular flexibility index (Phi) is 4.04. The molecule has 16 heavy (non-hydrogen) atoms. The first-order chi connectivity index (χ1) is 7.54. The van der Waals surface area contributed by atoms with E-state index in [0.717, 1.165) is 12.2 Å². The van der Waals surface area contributed by atoms with Crippen LogP contribution in [0.25, 0.3) is 0 Å². The van der Waals surface area contributed by atoms with Gasteiger partial charge in [0.25, 0.3) is 0 Å². The molecule has 0 spiro atoms. The van der Waals surface area contributed by atoms with Gasteiger partial charge >= 0.3 is 5.97 Å². The van der Waals surface area contributed by atoms with E-state index in [1.54, 1.807) is 17.0 Å². The Labute approximate surface area is 93.3 Å². The van der Waals surface area contributed by atoms with Gasteiger partial charge in [-0.15, -0.1) is 0 Å². The minimum Gasteiger partial charge on any atom is -0.480 e. The Morgan fingerprint density at radius 2 is 2.31 bits per heavy atom. The minimum atomic E-state index is -1.05. The van der Waals surface area contributed by atoms with Gasteiger partial charge in [0, 0.05) is 25.7 Å². The molecule has 0 radical (unpaired) electrons. The lowest BCUT2D eigenvalue weighted by atomic mass is 10.3. The molecular formula is C10H15N3O3. The summed E-state index contributed by atoms with van der Waals surface area (Å²) >= 11 is 0. The molecule has 0 saturated carbocycles. The highest BCUT2D eigenvalue weighted by atomic mass is 16.4. The van der Waals surface area contributed by atoms with Crippen molar-refractivity contribution in [1.82, 2.24) is 14.9 Å². The van der Waals surface area contributed by atoms with Crippen LogP contribution in [0, 0.1) is 0 Å². The highest BCUT2D eigenvalue weighted by molar-refractivity contribution is 5.81. The highest BCUT2D eigenvalue weighted by Gasteiger charge is 2.19. The van der Waals surface area contributed by atoms with Gasteiger partial charge < -0.3 is 15.0 Å². The summed E-state index contributed by atoms with van der Waals surface area (Å²) in [6.45, 7) is 3.43. The predicted octanol–water partition coefficient (Wildman–Crippen LogP) is 0.0348. The van der Waals surface area contributed by atoms with Crippen molar-refractivity contribution < 1.29 is 14.7 Å². The summed E-state index contributed by atoms with van der Waals surface area (Å²) in [4.78, 5) is 25.8. The summed E-state index contributed by atoms with van der Waals surface area (Å²) in [5.41, 5.74) is 0. The van der Waals surface area contributed by atoms with Crippen LogP contribution >= 0.6 is 0 Å². The number of hydrogen-bond acceptors (Lipinski definition) is 3. The number of carboxylic acid groups (broad SMARTS) is 1. The highest BCUT2D eigenvalue weighted by Crippen LogP contribution is 2.01. The van der Waals surface area contributed by atoms with Crippen molar-refractivity contribution in [1.29, 1.82) is 0 Å². The average Bonchev–Trinajstić information content (AvgIpc) is 2.63. The number of aliphatic carboxylic acids is 1. The summed E-state index contributed by atoms with van der Waals surface area (Å²) < 4.78 is 1.73. The van der Waals surface area contributed by atoms with Gasteiger partial charge in [-0.25, -0.2) is 9.78 Å². The van der Waals surface area contributed by atoms with Gasteiger partial charge in [-0.1, -0.05) is 6.92 Å². The summed E-state index contributed by atoms with van der Waals surface area (Å²) in [6.07, 6.45) is 4.04. The second-order valence-electron chi connectivity index (χ2n) is 3.44. The fraction of sp³-hybridized carbons (Fsp3) is 0.500. The summed E-state index contributed by atoms with van der Waals surface area (Å²) in [6, 6.07) is -0.919. The van der Waals surface area contributed by atoms with Crippen molar-refractivity contribution in [3.05, 3.63) is 18.2 Å². The van der Waals surface area contributed by atoms with Crippen LogP contribution in [0.4, 0.5) is 0 Å². The van der Waals surface area contributed by atoms with E-state index in [1.165, 1.54) is 6.92 Å². The first-order valence-electron chi connectivity index (χ1n) is 5.04. The molecule has 1 amide bonds. The Balaban J connectivity index is 2.75. The number of carbonyl (C=O) groups excluding carboxylic acids is 1. The van der Waals surface area contributed by atoms with Gasteiger partial charge in [-0.05, 0) is 0 Å². The first kappa shape index (κ1) is 12.2. The third kappa shape index (κ3) is 3.08. The van der Waals surface area contributed by atoms with Crippen LogP contribution in [0.3, 0.4) is 0 Å². The molecule has 88 valence electrons. The van der Waals surface area contributed by atoms with Crippen molar-refractivity contribution in [2.45, 2.75) is 32.9 Å². The van der Waals surface area contributed by atoms with Crippen molar-refractivity contribution in [3.63, 3.8) is 0 Å². The number of aromatic nitrogens is 2. The van der Waals surface area contributed by atoms with E-state index in [0.29, 0.717) is 0 Å². The van der Waals surface area contributed by atoms with Crippen molar-refractivity contribution in [2.75, 3.05) is 0 Å². The zero-order chi connectivity index (χ0) is 12.1. The van der Waals surface area contributed by atoms with E-state index in [1.807, 2.05) is 6.92 Å². The molecule has 0 fully saturated rings. The molecule has 6 nitrogen and oxygen atoms in total. The number of carbonyl (C=O) groups is 2. The molecule has 0 aliphatic carbocycles. The van der Waals surface area contributed by atoms with Crippen LogP contribution in [-0.2, 0) is 22.6 Å². The molecule has 0 aliphatic heterocycles. The van der Waals surface area contributed by atoms with Crippen molar-refractivity contribution >= 4 is 11.9 Å². The molecular weight excluding hydrogens is 210 g/mol. The molecule has 1 unspecified atom stereocenters. The standard InChI is InChI=1S/C10H15N3O3/c1-3-9-11-4-5-13(9)6-8(10(15)16)12-7(2)14/h4-5,8H,3,6H2,1-2H3,(H,12,14)(H,15,16). The fourth-order valence-electron chi connectivity index (χ4n) is 1.45. The molecule has 1 aromatic heterocycles. The van der Waals surface area contributed by atoms with E-state index in [4.69, 9.17) is 5.11 Å². The maximum absolute atomic E-state index is 10.9. The third-order valence-electron chi connectivity index (χ3n) is 2.17. The SMILES string of the molecule is CCc1nccn1CC(NC(C)=O)C(=O)O. The van der Waals surface area contributed by atoms with Gasteiger partial charge in [0.2, 0.25) is 5.91 Å². The topological polar surface area (TPSA) is 84.2 Å². The number of carboxylic acids is 1. The molecule has 1 aromatic rings. The fourth-order valence-corrected chi connectivity index (χ4v) is 1.45. The minimum absolute atomic E-state index is 0.193. The number of hydrogen-bond donors (Lipinski definition) is 2. The molecule has 0 saturated heterocycles. The Hall–Kier alpha value is -1.85. The van der Waals surface area contributed by atoms with Gasteiger partial charge in [-0.2, -0.15) is 0 Å². The second kappa shape index (κ2) is 5.29. The first-order valence-corrected chi connectivity index (χ1v) is 5.04. The monoisotopic (exact) mass is 225 g/mol. The maximum atomic E-state index is 10.9. The van der Waals surface area contributed by atoms with Crippen LogP contribution in [0.15, 0.2) is 12.4 Å². The lowest BCUT2D eigenvalue weighted by Gasteiger charge is -2.15. The van der Waals surface area contributed by atoms with Crippen LogP contribution in [-0.4, -0.2) is 32.6 Å². The number of rotatable bonds is 5. The van der Waals surface area contributed by atoms with Crippen molar-refractivity contribution in [3.8, 4) is 0 Å². The molecule has 0 aliphatic rings. The number of aryl methyl sites for hydroxylation is 1. The predicted molar refractivity (Wildman–Crippen MR) is 56.8 cm³/mol. The van der Waals surface area contributed by atoms with E-state index < -0.39 is 12.0 Å². The molecule has 1 heterocycles. The Morgan fingerprint density at radius 3 is 2.81 bits per heavy atom. The van der Waals surface area contributed by atoms with E-state index in [-0.39, 0.29) is 12.5 Å². The summed E-state index contributed by atoms with van der Waals surface area (Å²) in [5, 5.41) is 11.3. The zero-order valence-electron chi connectivity index (χ0n) is 9.30. The number of imidazole rings is 1. The smallest absolute Gasteiger partial charge is 0.328 e. The lowest BCUT2D eigenvalue weighted by molar-refractivity contribution is -0.141. The number of nitrogens with zero attached hydrogens (tertiary/aromatic N) is 2. The molecule has 1 rings (SSSR count). The Bertz CT molecular complexity index is 386. The zero-order valence-corrected chi connectivity index (χ0v) is 9.30. The molecule has 6 heteroatoms. The summed E-state index contributed by atoms with van der Waals surface area (Å²) in [5.74, 6) is -0.604. The van der Waals surface area contributed by atoms with Gasteiger partial charge in [0.05, 0.1) is 6.54 Å². The maximum Gasteiger partial charge on any atom is 0.328 e. The van der Waals surface area contributed by atoms with E-state index in [9.17, 15) is 9.59 Å². The normalized spacial score (nSPS) is 12.1. The van der Waals surface area contributed by atoms with Gasteiger partial charge in [-0.3, -0.25) is 4.79 Å². The van der Waals surface area contributed by atoms with Crippen LogP contribution in [0.2, 0.25) is 0 Å². The molecule has 1 atom stereocenters. The van der Waals surface area contributed by atoms with Crippen molar-refractivity contribution in [2.24, 2.45) is 0 Å². The van der Waals surface area contributed by atoms with Crippen LogP contribution in [0.1, 0.15) is 19.7 Å². The quantitative estimate of drug-likeness (QED) is 0.740. The largest absolute Gasteiger partial charge is 0.480 e. The third-order valence-corrected chi connectivity index (χ3v) is 2.17. The molecule has 2 N–H and O–H groups in total. The Morgan fingerprint density at radius 1 is 1.62 bits per heavy atom. The number of nitrogens with one attached hydrogen (secondary N) is 1. The average molecular weight is 225 g/mol. The van der Waals surface area contributed by atoms with E-state index in [2.05, 4.69) is 10.3 Å². The van der Waals surface area contributed by atoms with E-state index >= 15 is 0 Å².